The molecule has 0 saturated carbocycles. The van der Waals surface area contributed by atoms with Gasteiger partial charge in [-0.3, -0.25) is 4.79 Å². The largest absolute Gasteiger partial charge is 0.497 e. The van der Waals surface area contributed by atoms with E-state index in [1.54, 1.807) is 43.8 Å². The van der Waals surface area contributed by atoms with Gasteiger partial charge in [0.2, 0.25) is 0 Å². The van der Waals surface area contributed by atoms with Gasteiger partial charge in [0.05, 0.1) is 29.5 Å². The Morgan fingerprint density at radius 2 is 1.80 bits per heavy atom. The smallest absolute Gasteiger partial charge is 0.265 e. The quantitative estimate of drug-likeness (QED) is 0.525. The van der Waals surface area contributed by atoms with Crippen molar-refractivity contribution in [3.63, 3.8) is 0 Å². The molecule has 0 saturated heterocycles. The van der Waals surface area contributed by atoms with Gasteiger partial charge >= 0.3 is 0 Å². The lowest BCUT2D eigenvalue weighted by molar-refractivity contribution is 0.103. The maximum atomic E-state index is 12.7. The van der Waals surface area contributed by atoms with Gasteiger partial charge in [0, 0.05) is 20.9 Å². The molecular formula is C19H15NO3S2. The first-order valence-electron chi connectivity index (χ1n) is 7.64. The van der Waals surface area contributed by atoms with Crippen molar-refractivity contribution in [2.75, 3.05) is 19.5 Å². The number of rotatable bonds is 4. The second kappa shape index (κ2) is 6.38. The van der Waals surface area contributed by atoms with Crippen LogP contribution >= 0.6 is 22.7 Å². The number of amides is 1. The van der Waals surface area contributed by atoms with Gasteiger partial charge in [-0.1, -0.05) is 18.2 Å². The van der Waals surface area contributed by atoms with Gasteiger partial charge in [0.1, 0.15) is 11.5 Å². The highest BCUT2D eigenvalue weighted by Crippen LogP contribution is 2.39. The molecule has 0 fully saturated rings. The summed E-state index contributed by atoms with van der Waals surface area (Å²) in [4.78, 5) is 13.3. The molecule has 6 heteroatoms. The highest BCUT2D eigenvalue weighted by Gasteiger charge is 2.16. The minimum atomic E-state index is -0.138. The summed E-state index contributed by atoms with van der Waals surface area (Å²) in [7, 11) is 3.16. The van der Waals surface area contributed by atoms with Crippen LogP contribution in [-0.2, 0) is 0 Å². The Morgan fingerprint density at radius 1 is 0.960 bits per heavy atom. The van der Waals surface area contributed by atoms with Crippen LogP contribution in [0, 0.1) is 0 Å². The fourth-order valence-electron chi connectivity index (χ4n) is 2.70. The Kier molecular flexibility index (Phi) is 4.07. The zero-order valence-electron chi connectivity index (χ0n) is 13.7. The van der Waals surface area contributed by atoms with E-state index in [4.69, 9.17) is 9.47 Å². The number of hydrogen-bond donors (Lipinski definition) is 1. The van der Waals surface area contributed by atoms with Gasteiger partial charge in [0.15, 0.2) is 0 Å². The van der Waals surface area contributed by atoms with Crippen molar-refractivity contribution in [3.05, 3.63) is 53.4 Å². The molecule has 0 aliphatic carbocycles. The van der Waals surface area contributed by atoms with E-state index in [-0.39, 0.29) is 5.91 Å². The first kappa shape index (κ1) is 15.9. The maximum Gasteiger partial charge on any atom is 0.265 e. The van der Waals surface area contributed by atoms with E-state index < -0.39 is 0 Å². The molecule has 0 aliphatic heterocycles. The number of hydrogen-bond acceptors (Lipinski definition) is 5. The van der Waals surface area contributed by atoms with Crippen LogP contribution in [0.5, 0.6) is 11.5 Å². The van der Waals surface area contributed by atoms with E-state index in [0.717, 1.165) is 9.40 Å². The minimum absolute atomic E-state index is 0.138. The van der Waals surface area contributed by atoms with E-state index in [1.807, 2.05) is 18.2 Å². The third-order valence-corrected chi connectivity index (χ3v) is 6.34. The highest BCUT2D eigenvalue weighted by molar-refractivity contribution is 7.33. The SMILES string of the molecule is COc1ccc(NC(=O)c2cc3sc4ccccc4c3s2)c(OC)c1. The fourth-order valence-corrected chi connectivity index (χ4v) is 5.12. The topological polar surface area (TPSA) is 47.6 Å². The van der Waals surface area contributed by atoms with E-state index in [0.29, 0.717) is 22.1 Å². The summed E-state index contributed by atoms with van der Waals surface area (Å²) in [6, 6.07) is 15.5. The maximum absolute atomic E-state index is 12.7. The number of carbonyl (C=O) groups is 1. The number of carbonyl (C=O) groups excluding carboxylic acids is 1. The van der Waals surface area contributed by atoms with Crippen LogP contribution in [0.2, 0.25) is 0 Å². The Hall–Kier alpha value is -2.57. The molecule has 2 heterocycles. The molecule has 0 spiro atoms. The third kappa shape index (κ3) is 2.83. The molecule has 0 unspecified atom stereocenters. The van der Waals surface area contributed by atoms with Crippen LogP contribution < -0.4 is 14.8 Å². The van der Waals surface area contributed by atoms with Crippen molar-refractivity contribution < 1.29 is 14.3 Å². The molecule has 2 aromatic heterocycles. The first-order valence-corrected chi connectivity index (χ1v) is 9.27. The summed E-state index contributed by atoms with van der Waals surface area (Å²) >= 11 is 3.22. The Bertz CT molecular complexity index is 1080. The number of nitrogens with one attached hydrogen (secondary N) is 1. The molecule has 25 heavy (non-hydrogen) atoms. The Morgan fingerprint density at radius 3 is 2.60 bits per heavy atom. The molecule has 1 N–H and O–H groups in total. The van der Waals surface area contributed by atoms with E-state index in [9.17, 15) is 4.79 Å². The van der Waals surface area contributed by atoms with Crippen molar-refractivity contribution in [1.82, 2.24) is 0 Å². The standard InChI is InChI=1S/C19H15NO3S2/c1-22-11-7-8-13(14(9-11)23-2)20-19(21)17-10-16-18(25-17)12-5-3-4-6-15(12)24-16/h3-10H,1-2H3,(H,20,21). The zero-order chi connectivity index (χ0) is 17.4. The summed E-state index contributed by atoms with van der Waals surface area (Å²) in [5, 5.41) is 4.13. The molecule has 0 radical (unpaired) electrons. The second-order valence-corrected chi connectivity index (χ2v) is 7.56. The minimum Gasteiger partial charge on any atom is -0.497 e. The lowest BCUT2D eigenvalue weighted by Gasteiger charge is -2.10. The van der Waals surface area contributed by atoms with Crippen molar-refractivity contribution in [2.45, 2.75) is 0 Å². The number of benzene rings is 2. The number of anilines is 1. The van der Waals surface area contributed by atoms with Crippen molar-refractivity contribution >= 4 is 53.8 Å². The number of fused-ring (bicyclic) bond motifs is 3. The van der Waals surface area contributed by atoms with Crippen LogP contribution in [0.1, 0.15) is 9.67 Å². The van der Waals surface area contributed by atoms with E-state index in [1.165, 1.54) is 21.4 Å². The normalized spacial score (nSPS) is 11.0. The predicted octanol–water partition coefficient (Wildman–Crippen LogP) is 5.39. The number of methoxy groups -OCH3 is 2. The van der Waals surface area contributed by atoms with Crippen LogP contribution in [0.25, 0.3) is 19.5 Å². The van der Waals surface area contributed by atoms with E-state index in [2.05, 4.69) is 17.4 Å². The van der Waals surface area contributed by atoms with Crippen molar-refractivity contribution in [1.29, 1.82) is 0 Å². The van der Waals surface area contributed by atoms with Gasteiger partial charge in [-0.25, -0.2) is 0 Å². The number of thiophene rings is 2. The van der Waals surface area contributed by atoms with Crippen molar-refractivity contribution in [2.24, 2.45) is 0 Å². The molecule has 0 bridgehead atoms. The Balaban J connectivity index is 1.66. The van der Waals surface area contributed by atoms with Gasteiger partial charge in [0.25, 0.3) is 5.91 Å². The molecule has 4 nitrogen and oxygen atoms in total. The van der Waals surface area contributed by atoms with Crippen molar-refractivity contribution in [3.8, 4) is 11.5 Å². The predicted molar refractivity (Wildman–Crippen MR) is 105 cm³/mol. The lowest BCUT2D eigenvalue weighted by atomic mass is 10.2. The average molecular weight is 369 g/mol. The number of ether oxygens (including phenoxy) is 2. The Labute approximate surface area is 152 Å². The molecule has 0 aliphatic rings. The van der Waals surface area contributed by atoms with Gasteiger partial charge in [-0.2, -0.15) is 0 Å². The van der Waals surface area contributed by atoms with Gasteiger partial charge in [-0.05, 0) is 24.3 Å². The van der Waals surface area contributed by atoms with E-state index >= 15 is 0 Å². The van der Waals surface area contributed by atoms with Crippen LogP contribution in [0.15, 0.2) is 48.5 Å². The molecular weight excluding hydrogens is 354 g/mol. The van der Waals surface area contributed by atoms with Crippen LogP contribution in [-0.4, -0.2) is 20.1 Å². The summed E-state index contributed by atoms with van der Waals surface area (Å²) in [6.07, 6.45) is 0. The molecule has 4 aromatic rings. The third-order valence-electron chi connectivity index (χ3n) is 3.93. The summed E-state index contributed by atoms with van der Waals surface area (Å²) in [6.45, 7) is 0. The molecule has 1 amide bonds. The van der Waals surface area contributed by atoms with Gasteiger partial charge < -0.3 is 14.8 Å². The molecule has 0 atom stereocenters. The zero-order valence-corrected chi connectivity index (χ0v) is 15.3. The fraction of sp³-hybridized carbons (Fsp3) is 0.105. The molecule has 4 rings (SSSR count). The summed E-state index contributed by atoms with van der Waals surface area (Å²) in [5.41, 5.74) is 0.620. The summed E-state index contributed by atoms with van der Waals surface area (Å²) < 4.78 is 14.1. The first-order chi connectivity index (χ1) is 12.2. The van der Waals surface area contributed by atoms with Gasteiger partial charge in [-0.15, -0.1) is 22.7 Å². The highest BCUT2D eigenvalue weighted by atomic mass is 32.1. The summed E-state index contributed by atoms with van der Waals surface area (Å²) in [5.74, 6) is 1.11. The average Bonchev–Trinajstić information content (AvgIpc) is 3.20. The second-order valence-electron chi connectivity index (χ2n) is 5.42. The lowest BCUT2D eigenvalue weighted by Crippen LogP contribution is -2.11. The van der Waals surface area contributed by atoms with Crippen LogP contribution in [0.3, 0.4) is 0 Å². The molecule has 126 valence electrons. The van der Waals surface area contributed by atoms with Crippen LogP contribution in [0.4, 0.5) is 5.69 Å². The monoisotopic (exact) mass is 369 g/mol. The molecule has 2 aromatic carbocycles.